The second kappa shape index (κ2) is 14.5. The number of pyridine rings is 1. The minimum atomic E-state index is 0.645. The van der Waals surface area contributed by atoms with Gasteiger partial charge >= 0.3 is 0 Å². The Morgan fingerprint density at radius 1 is 0.656 bits per heavy atom. The molecule has 0 aliphatic rings. The summed E-state index contributed by atoms with van der Waals surface area (Å²) in [7, 11) is 0. The van der Waals surface area contributed by atoms with Crippen LogP contribution in [0.3, 0.4) is 0 Å². The van der Waals surface area contributed by atoms with Crippen molar-refractivity contribution in [3.8, 4) is 0 Å². The van der Waals surface area contributed by atoms with Crippen molar-refractivity contribution in [2.45, 2.75) is 65.1 Å². The monoisotopic (exact) mass is 431 g/mol. The van der Waals surface area contributed by atoms with E-state index in [1.165, 1.54) is 47.9 Å². The lowest BCUT2D eigenvalue weighted by Crippen LogP contribution is -2.08. The van der Waals surface area contributed by atoms with Gasteiger partial charge in [0.2, 0.25) is 0 Å². The Morgan fingerprint density at radius 2 is 1.28 bits per heavy atom. The number of hydrogen-bond donors (Lipinski definition) is 0. The van der Waals surface area contributed by atoms with Crippen LogP contribution in [0.25, 0.3) is 0 Å². The lowest BCUT2D eigenvalue weighted by atomic mass is 10.0. The molecule has 0 amide bonds. The van der Waals surface area contributed by atoms with Gasteiger partial charge in [-0.25, -0.2) is 0 Å². The number of benzene rings is 2. The first-order valence-electron chi connectivity index (χ1n) is 12.0. The minimum Gasteiger partial charge on any atom is -0.376 e. The Hall–Kier alpha value is -2.49. The topological polar surface area (TPSA) is 31.4 Å². The van der Waals surface area contributed by atoms with E-state index in [1.807, 2.05) is 24.3 Å². The Kier molecular flexibility index (Phi) is 11.0. The Labute approximate surface area is 193 Å². The fraction of sp³-hybridized carbons (Fsp3) is 0.414. The van der Waals surface area contributed by atoms with Crippen molar-refractivity contribution in [2.75, 3.05) is 13.2 Å². The van der Waals surface area contributed by atoms with Gasteiger partial charge in [-0.05, 0) is 41.5 Å². The third-order valence-corrected chi connectivity index (χ3v) is 5.66. The number of unbranched alkanes of at least 4 members (excludes halogenated alkanes) is 3. The summed E-state index contributed by atoms with van der Waals surface area (Å²) < 4.78 is 11.9. The number of nitrogens with zero attached hydrogens (tertiary/aromatic N) is 1. The number of rotatable bonds is 15. The molecule has 0 aliphatic heterocycles. The first-order valence-corrected chi connectivity index (χ1v) is 12.0. The minimum absolute atomic E-state index is 0.645. The summed E-state index contributed by atoms with van der Waals surface area (Å²) in [5, 5.41) is 0. The van der Waals surface area contributed by atoms with Crippen LogP contribution in [0.4, 0.5) is 0 Å². The van der Waals surface area contributed by atoms with Gasteiger partial charge in [0, 0.05) is 18.3 Å². The third kappa shape index (κ3) is 8.94. The van der Waals surface area contributed by atoms with Crippen LogP contribution < -0.4 is 0 Å². The number of aryl methyl sites for hydroxylation is 1. The number of hydrogen-bond acceptors (Lipinski definition) is 3. The van der Waals surface area contributed by atoms with Crippen molar-refractivity contribution in [2.24, 2.45) is 0 Å². The third-order valence-electron chi connectivity index (χ3n) is 5.66. The zero-order chi connectivity index (χ0) is 22.3. The highest BCUT2D eigenvalue weighted by molar-refractivity contribution is 5.26. The SMILES string of the molecule is CCCCCCc1cnc(CCOCc2ccccc2)c(CCOCc2ccccc2)c1. The van der Waals surface area contributed by atoms with Crippen LogP contribution in [-0.2, 0) is 41.9 Å². The van der Waals surface area contributed by atoms with Crippen molar-refractivity contribution < 1.29 is 9.47 Å². The van der Waals surface area contributed by atoms with Crippen molar-refractivity contribution in [3.63, 3.8) is 0 Å². The first kappa shape index (κ1) is 24.2. The van der Waals surface area contributed by atoms with E-state index < -0.39 is 0 Å². The molecule has 3 aromatic rings. The quantitative estimate of drug-likeness (QED) is 0.250. The summed E-state index contributed by atoms with van der Waals surface area (Å²) in [6, 6.07) is 23.0. The maximum absolute atomic E-state index is 5.96. The first-order chi connectivity index (χ1) is 15.8. The molecule has 0 N–H and O–H groups in total. The second-order valence-corrected chi connectivity index (χ2v) is 8.34. The molecule has 0 atom stereocenters. The molecule has 0 bridgehead atoms. The van der Waals surface area contributed by atoms with Crippen LogP contribution in [0.15, 0.2) is 72.9 Å². The molecule has 170 valence electrons. The lowest BCUT2D eigenvalue weighted by Gasteiger charge is -2.12. The van der Waals surface area contributed by atoms with Crippen molar-refractivity contribution in [1.82, 2.24) is 4.98 Å². The van der Waals surface area contributed by atoms with Crippen molar-refractivity contribution >= 4 is 0 Å². The van der Waals surface area contributed by atoms with E-state index >= 15 is 0 Å². The van der Waals surface area contributed by atoms with Crippen LogP contribution in [0.5, 0.6) is 0 Å². The summed E-state index contributed by atoms with van der Waals surface area (Å²) in [4.78, 5) is 4.82. The second-order valence-electron chi connectivity index (χ2n) is 8.34. The molecule has 0 fully saturated rings. The fourth-order valence-electron chi connectivity index (χ4n) is 3.80. The van der Waals surface area contributed by atoms with Gasteiger partial charge in [0.05, 0.1) is 26.4 Å². The van der Waals surface area contributed by atoms with Gasteiger partial charge in [-0.15, -0.1) is 0 Å². The smallest absolute Gasteiger partial charge is 0.0717 e. The van der Waals surface area contributed by atoms with Crippen molar-refractivity contribution in [3.05, 3.63) is 101 Å². The summed E-state index contributed by atoms with van der Waals surface area (Å²) in [5.41, 5.74) is 6.20. The molecule has 0 saturated heterocycles. The van der Waals surface area contributed by atoms with Gasteiger partial charge in [-0.2, -0.15) is 0 Å². The van der Waals surface area contributed by atoms with E-state index in [-0.39, 0.29) is 0 Å². The fourth-order valence-corrected chi connectivity index (χ4v) is 3.80. The highest BCUT2D eigenvalue weighted by Gasteiger charge is 2.07. The average molecular weight is 432 g/mol. The van der Waals surface area contributed by atoms with Gasteiger partial charge in [0.1, 0.15) is 0 Å². The number of aromatic nitrogens is 1. The highest BCUT2D eigenvalue weighted by atomic mass is 16.5. The van der Waals surface area contributed by atoms with Crippen LogP contribution in [0.1, 0.15) is 60.6 Å². The molecule has 3 heteroatoms. The van der Waals surface area contributed by atoms with Gasteiger partial charge in [0.15, 0.2) is 0 Å². The molecule has 3 rings (SSSR count). The average Bonchev–Trinajstić information content (AvgIpc) is 2.84. The zero-order valence-corrected chi connectivity index (χ0v) is 19.5. The van der Waals surface area contributed by atoms with E-state index in [2.05, 4.69) is 55.6 Å². The van der Waals surface area contributed by atoms with Crippen molar-refractivity contribution in [1.29, 1.82) is 0 Å². The molecule has 0 aliphatic carbocycles. The summed E-state index contributed by atoms with van der Waals surface area (Å²) >= 11 is 0. The Bertz CT molecular complexity index is 880. The van der Waals surface area contributed by atoms with Crippen LogP contribution in [-0.4, -0.2) is 18.2 Å². The number of ether oxygens (including phenoxy) is 2. The normalized spacial score (nSPS) is 11.0. The van der Waals surface area contributed by atoms with Gasteiger partial charge in [0.25, 0.3) is 0 Å². The molecule has 0 unspecified atom stereocenters. The molecular weight excluding hydrogens is 394 g/mol. The zero-order valence-electron chi connectivity index (χ0n) is 19.5. The van der Waals surface area contributed by atoms with Crippen LogP contribution in [0.2, 0.25) is 0 Å². The van der Waals surface area contributed by atoms with E-state index in [0.717, 1.165) is 25.0 Å². The summed E-state index contributed by atoms with van der Waals surface area (Å²) in [5.74, 6) is 0. The van der Waals surface area contributed by atoms with Gasteiger partial charge in [-0.1, -0.05) is 92.9 Å². The predicted octanol–water partition coefficient (Wildman–Crippen LogP) is 6.72. The predicted molar refractivity (Wildman–Crippen MR) is 132 cm³/mol. The molecule has 3 nitrogen and oxygen atoms in total. The van der Waals surface area contributed by atoms with E-state index in [9.17, 15) is 0 Å². The van der Waals surface area contributed by atoms with Gasteiger partial charge in [-0.3, -0.25) is 4.98 Å². The molecule has 1 heterocycles. The maximum atomic E-state index is 5.96. The standard InChI is InChI=1S/C29H37NO2/c1-2-3-4-7-16-27-21-28(17-19-31-23-25-12-8-5-9-13-25)29(30-22-27)18-20-32-24-26-14-10-6-11-15-26/h5-6,8-15,21-22H,2-4,7,16-20,23-24H2,1H3. The molecule has 1 aromatic heterocycles. The van der Waals surface area contributed by atoms with E-state index in [4.69, 9.17) is 14.5 Å². The summed E-state index contributed by atoms with van der Waals surface area (Å²) in [6.07, 6.45) is 9.99. The highest BCUT2D eigenvalue weighted by Crippen LogP contribution is 2.15. The maximum Gasteiger partial charge on any atom is 0.0717 e. The molecular formula is C29H37NO2. The molecule has 0 spiro atoms. The molecule has 2 aromatic carbocycles. The van der Waals surface area contributed by atoms with E-state index in [1.54, 1.807) is 0 Å². The molecule has 0 saturated carbocycles. The van der Waals surface area contributed by atoms with Gasteiger partial charge < -0.3 is 9.47 Å². The Morgan fingerprint density at radius 3 is 1.91 bits per heavy atom. The lowest BCUT2D eigenvalue weighted by molar-refractivity contribution is 0.120. The Balaban J connectivity index is 1.52. The largest absolute Gasteiger partial charge is 0.376 e. The van der Waals surface area contributed by atoms with E-state index in [0.29, 0.717) is 26.4 Å². The summed E-state index contributed by atoms with van der Waals surface area (Å²) in [6.45, 7) is 4.93. The molecule has 32 heavy (non-hydrogen) atoms. The van der Waals surface area contributed by atoms with Crippen LogP contribution >= 0.6 is 0 Å². The molecule has 0 radical (unpaired) electrons. The van der Waals surface area contributed by atoms with Crippen LogP contribution in [0, 0.1) is 0 Å².